The highest BCUT2D eigenvalue weighted by atomic mass is 35.5. The van der Waals surface area contributed by atoms with E-state index in [2.05, 4.69) is 20.3 Å². The number of halogens is 2. The topological polar surface area (TPSA) is 86.2 Å². The van der Waals surface area contributed by atoms with Gasteiger partial charge in [-0.05, 0) is 25.3 Å². The largest absolute Gasteiger partial charge is 0.496 e. The van der Waals surface area contributed by atoms with E-state index in [1.165, 1.54) is 7.11 Å². The van der Waals surface area contributed by atoms with Crippen molar-refractivity contribution in [3.63, 3.8) is 0 Å². The molecular formula is C21H20Cl2N4O3. The van der Waals surface area contributed by atoms with Gasteiger partial charge in [0.05, 0.1) is 31.0 Å². The van der Waals surface area contributed by atoms with Gasteiger partial charge in [-0.1, -0.05) is 30.1 Å². The standard InChI is InChI=1S/C21H20Cl2N4O3/c1-4-11-14(29-2)8-15(30-3)18(23)17(11)20-25-13-9-24-16(22)7-12(13)19(26-20)27-21(28)10-5-6-10/h7-10H,4-6H2,1-3H3,(H,25,26,27,28). The van der Waals surface area contributed by atoms with E-state index in [1.807, 2.05) is 6.92 Å². The third kappa shape index (κ3) is 3.75. The number of aromatic nitrogens is 3. The molecule has 156 valence electrons. The van der Waals surface area contributed by atoms with Gasteiger partial charge in [-0.3, -0.25) is 4.79 Å². The maximum absolute atomic E-state index is 12.5. The highest BCUT2D eigenvalue weighted by molar-refractivity contribution is 6.35. The Morgan fingerprint density at radius 1 is 1.17 bits per heavy atom. The van der Waals surface area contributed by atoms with Gasteiger partial charge in [-0.25, -0.2) is 15.0 Å². The molecule has 0 radical (unpaired) electrons. The monoisotopic (exact) mass is 446 g/mol. The van der Waals surface area contributed by atoms with Gasteiger partial charge in [0.25, 0.3) is 0 Å². The average molecular weight is 447 g/mol. The highest BCUT2D eigenvalue weighted by Crippen LogP contribution is 2.43. The van der Waals surface area contributed by atoms with Crippen LogP contribution in [0.25, 0.3) is 22.3 Å². The molecule has 1 aromatic carbocycles. The molecule has 1 aliphatic carbocycles. The lowest BCUT2D eigenvalue weighted by atomic mass is 10.0. The Hall–Kier alpha value is -2.64. The molecule has 3 aromatic rings. The number of benzene rings is 1. The molecule has 1 fully saturated rings. The maximum atomic E-state index is 12.5. The van der Waals surface area contributed by atoms with Crippen LogP contribution >= 0.6 is 23.2 Å². The predicted octanol–water partition coefficient (Wildman–Crippen LogP) is 4.93. The molecule has 4 rings (SSSR count). The molecule has 2 aromatic heterocycles. The Balaban J connectivity index is 1.97. The Morgan fingerprint density at radius 2 is 1.90 bits per heavy atom. The fraction of sp³-hybridized carbons (Fsp3) is 0.333. The number of carbonyl (C=O) groups excluding carboxylic acids is 1. The number of hydrogen-bond acceptors (Lipinski definition) is 6. The summed E-state index contributed by atoms with van der Waals surface area (Å²) < 4.78 is 11.0. The summed E-state index contributed by atoms with van der Waals surface area (Å²) in [7, 11) is 3.12. The van der Waals surface area contributed by atoms with E-state index in [0.29, 0.717) is 51.1 Å². The fourth-order valence-electron chi connectivity index (χ4n) is 3.34. The normalized spacial score (nSPS) is 13.4. The van der Waals surface area contributed by atoms with E-state index >= 15 is 0 Å². The first kappa shape index (κ1) is 20.6. The third-order valence-electron chi connectivity index (χ3n) is 5.05. The molecule has 7 nitrogen and oxygen atoms in total. The van der Waals surface area contributed by atoms with Crippen LogP contribution in [-0.4, -0.2) is 35.1 Å². The van der Waals surface area contributed by atoms with Crippen molar-refractivity contribution < 1.29 is 14.3 Å². The SMILES string of the molecule is CCc1c(OC)cc(OC)c(Cl)c1-c1nc(NC(=O)C2CC2)c2cc(Cl)ncc2n1. The molecule has 9 heteroatoms. The molecular weight excluding hydrogens is 427 g/mol. The van der Waals surface area contributed by atoms with Crippen LogP contribution in [0.3, 0.4) is 0 Å². The highest BCUT2D eigenvalue weighted by Gasteiger charge is 2.30. The summed E-state index contributed by atoms with van der Waals surface area (Å²) in [5.41, 5.74) is 1.97. The Labute approximate surface area is 183 Å². The van der Waals surface area contributed by atoms with Crippen LogP contribution in [0.15, 0.2) is 18.3 Å². The van der Waals surface area contributed by atoms with Gasteiger partial charge in [0.2, 0.25) is 5.91 Å². The molecule has 1 N–H and O–H groups in total. The van der Waals surface area contributed by atoms with Crippen molar-refractivity contribution in [2.75, 3.05) is 19.5 Å². The average Bonchev–Trinajstić information content (AvgIpc) is 3.59. The summed E-state index contributed by atoms with van der Waals surface area (Å²) in [5, 5.41) is 4.18. The van der Waals surface area contributed by atoms with Gasteiger partial charge < -0.3 is 14.8 Å². The van der Waals surface area contributed by atoms with E-state index in [-0.39, 0.29) is 17.0 Å². The first-order chi connectivity index (χ1) is 14.5. The zero-order valence-electron chi connectivity index (χ0n) is 16.8. The molecule has 0 bridgehead atoms. The number of fused-ring (bicyclic) bond motifs is 1. The van der Waals surface area contributed by atoms with Crippen molar-refractivity contribution in [2.45, 2.75) is 26.2 Å². The van der Waals surface area contributed by atoms with Crippen LogP contribution in [-0.2, 0) is 11.2 Å². The van der Waals surface area contributed by atoms with Crippen molar-refractivity contribution in [3.05, 3.63) is 34.1 Å². The van der Waals surface area contributed by atoms with Gasteiger partial charge in [0.15, 0.2) is 5.82 Å². The van der Waals surface area contributed by atoms with Crippen LogP contribution in [0.4, 0.5) is 5.82 Å². The Morgan fingerprint density at radius 3 is 2.53 bits per heavy atom. The molecule has 0 atom stereocenters. The van der Waals surface area contributed by atoms with E-state index in [0.717, 1.165) is 18.4 Å². The second-order valence-corrected chi connectivity index (χ2v) is 7.75. The van der Waals surface area contributed by atoms with E-state index in [9.17, 15) is 4.79 Å². The molecule has 0 unspecified atom stereocenters. The van der Waals surface area contributed by atoms with Crippen LogP contribution in [0, 0.1) is 5.92 Å². The van der Waals surface area contributed by atoms with Gasteiger partial charge in [-0.2, -0.15) is 0 Å². The first-order valence-electron chi connectivity index (χ1n) is 9.54. The number of amides is 1. The minimum Gasteiger partial charge on any atom is -0.496 e. The van der Waals surface area contributed by atoms with Crippen LogP contribution in [0.5, 0.6) is 11.5 Å². The van der Waals surface area contributed by atoms with Crippen molar-refractivity contribution in [2.24, 2.45) is 5.92 Å². The fourth-order valence-corrected chi connectivity index (χ4v) is 3.83. The zero-order valence-corrected chi connectivity index (χ0v) is 18.3. The van der Waals surface area contributed by atoms with Gasteiger partial charge >= 0.3 is 0 Å². The first-order valence-corrected chi connectivity index (χ1v) is 10.3. The van der Waals surface area contributed by atoms with E-state index in [1.54, 1.807) is 25.4 Å². The number of nitrogens with zero attached hydrogens (tertiary/aromatic N) is 3. The maximum Gasteiger partial charge on any atom is 0.228 e. The van der Waals surface area contributed by atoms with Crippen LogP contribution in [0.1, 0.15) is 25.3 Å². The summed E-state index contributed by atoms with van der Waals surface area (Å²) >= 11 is 12.7. The lowest BCUT2D eigenvalue weighted by Gasteiger charge is -2.17. The van der Waals surface area contributed by atoms with E-state index in [4.69, 9.17) is 32.7 Å². The van der Waals surface area contributed by atoms with Gasteiger partial charge in [-0.15, -0.1) is 0 Å². The Bertz CT molecular complexity index is 1150. The smallest absolute Gasteiger partial charge is 0.228 e. The number of pyridine rings is 1. The summed E-state index contributed by atoms with van der Waals surface area (Å²) in [4.78, 5) is 25.9. The number of anilines is 1. The van der Waals surface area contributed by atoms with Crippen LogP contribution < -0.4 is 14.8 Å². The Kier molecular flexibility index (Phi) is 5.66. The van der Waals surface area contributed by atoms with E-state index < -0.39 is 0 Å². The third-order valence-corrected chi connectivity index (χ3v) is 5.63. The second-order valence-electron chi connectivity index (χ2n) is 6.99. The van der Waals surface area contributed by atoms with Gasteiger partial charge in [0, 0.05) is 28.5 Å². The number of hydrogen-bond donors (Lipinski definition) is 1. The zero-order chi connectivity index (χ0) is 21.4. The van der Waals surface area contributed by atoms with Crippen molar-refractivity contribution in [1.29, 1.82) is 0 Å². The predicted molar refractivity (Wildman–Crippen MR) is 117 cm³/mol. The molecule has 0 saturated heterocycles. The minimum atomic E-state index is -0.0704. The summed E-state index contributed by atoms with van der Waals surface area (Å²) in [6, 6.07) is 3.38. The van der Waals surface area contributed by atoms with Gasteiger partial charge in [0.1, 0.15) is 22.5 Å². The lowest BCUT2D eigenvalue weighted by Crippen LogP contribution is -2.15. The lowest BCUT2D eigenvalue weighted by molar-refractivity contribution is -0.117. The summed E-state index contributed by atoms with van der Waals surface area (Å²) in [6.45, 7) is 1.99. The number of methoxy groups -OCH3 is 2. The molecule has 30 heavy (non-hydrogen) atoms. The van der Waals surface area contributed by atoms with Crippen LogP contribution in [0.2, 0.25) is 10.2 Å². The van der Waals surface area contributed by atoms with Crippen molar-refractivity contribution >= 4 is 45.8 Å². The number of carbonyl (C=O) groups is 1. The molecule has 0 aliphatic heterocycles. The quantitative estimate of drug-likeness (QED) is 0.540. The number of rotatable bonds is 6. The van der Waals surface area contributed by atoms with Crippen molar-refractivity contribution in [3.8, 4) is 22.9 Å². The summed E-state index contributed by atoms with van der Waals surface area (Å²) in [6.07, 6.45) is 3.94. The number of ether oxygens (including phenoxy) is 2. The summed E-state index contributed by atoms with van der Waals surface area (Å²) in [5.74, 6) is 1.73. The molecule has 2 heterocycles. The molecule has 1 aliphatic rings. The van der Waals surface area contributed by atoms with Crippen molar-refractivity contribution in [1.82, 2.24) is 15.0 Å². The molecule has 0 spiro atoms. The second kappa shape index (κ2) is 8.24. The molecule has 1 amide bonds. The molecule has 1 saturated carbocycles. The number of nitrogens with one attached hydrogen (secondary N) is 1. The minimum absolute atomic E-state index is 0.0162.